The van der Waals surface area contributed by atoms with E-state index < -0.39 is 0 Å². The van der Waals surface area contributed by atoms with E-state index in [1.54, 1.807) is 0 Å². The molecule has 15 heavy (non-hydrogen) atoms. The van der Waals surface area contributed by atoms with Crippen LogP contribution in [0.5, 0.6) is 0 Å². The summed E-state index contributed by atoms with van der Waals surface area (Å²) in [6, 6.07) is 6.72. The summed E-state index contributed by atoms with van der Waals surface area (Å²) in [4.78, 5) is 6.77. The van der Waals surface area contributed by atoms with Crippen molar-refractivity contribution in [2.75, 3.05) is 24.0 Å². The van der Waals surface area contributed by atoms with Crippen LogP contribution in [0, 0.1) is 6.92 Å². The average molecular weight is 224 g/mol. The standard InChI is InChI=1S/C12H20N2S/c1-10-6-5-7-12(13-10)14(3)11(2)8-9-15-4/h5-7,11H,8-9H2,1-4H3. The van der Waals surface area contributed by atoms with Crippen LogP contribution < -0.4 is 4.90 Å². The third kappa shape index (κ3) is 3.74. The van der Waals surface area contributed by atoms with Gasteiger partial charge < -0.3 is 4.90 Å². The lowest BCUT2D eigenvalue weighted by molar-refractivity contribution is 0.661. The summed E-state index contributed by atoms with van der Waals surface area (Å²) in [6.07, 6.45) is 3.35. The fourth-order valence-corrected chi connectivity index (χ4v) is 2.01. The van der Waals surface area contributed by atoms with Crippen molar-refractivity contribution in [2.45, 2.75) is 26.3 Å². The molecule has 0 saturated heterocycles. The molecule has 1 unspecified atom stereocenters. The van der Waals surface area contributed by atoms with Gasteiger partial charge in [-0.25, -0.2) is 4.98 Å². The molecule has 0 bridgehead atoms. The van der Waals surface area contributed by atoms with Crippen LogP contribution in [0.2, 0.25) is 0 Å². The van der Waals surface area contributed by atoms with E-state index >= 15 is 0 Å². The zero-order valence-electron chi connectivity index (χ0n) is 10.0. The van der Waals surface area contributed by atoms with Crippen LogP contribution >= 0.6 is 11.8 Å². The predicted molar refractivity (Wildman–Crippen MR) is 69.8 cm³/mol. The van der Waals surface area contributed by atoms with Crippen molar-refractivity contribution in [3.63, 3.8) is 0 Å². The zero-order valence-corrected chi connectivity index (χ0v) is 10.8. The number of aromatic nitrogens is 1. The minimum atomic E-state index is 0.548. The second-order valence-corrected chi connectivity index (χ2v) is 4.86. The molecule has 0 aliphatic heterocycles. The number of thioether (sulfide) groups is 1. The summed E-state index contributed by atoms with van der Waals surface area (Å²) in [5.74, 6) is 2.28. The van der Waals surface area contributed by atoms with E-state index in [9.17, 15) is 0 Å². The summed E-state index contributed by atoms with van der Waals surface area (Å²) in [5.41, 5.74) is 1.08. The Hall–Kier alpha value is -0.700. The Morgan fingerprint density at radius 3 is 2.80 bits per heavy atom. The number of anilines is 1. The van der Waals surface area contributed by atoms with E-state index in [1.807, 2.05) is 24.8 Å². The van der Waals surface area contributed by atoms with E-state index in [0.29, 0.717) is 6.04 Å². The molecule has 0 aliphatic carbocycles. The lowest BCUT2D eigenvalue weighted by Crippen LogP contribution is -2.30. The SMILES string of the molecule is CSCCC(C)N(C)c1cccc(C)n1. The molecular formula is C12H20N2S. The van der Waals surface area contributed by atoms with Gasteiger partial charge in [0.1, 0.15) is 5.82 Å². The molecule has 1 rings (SSSR count). The quantitative estimate of drug-likeness (QED) is 0.765. The van der Waals surface area contributed by atoms with Gasteiger partial charge in [-0.05, 0) is 44.4 Å². The summed E-state index contributed by atoms with van der Waals surface area (Å²) in [6.45, 7) is 4.28. The fourth-order valence-electron chi connectivity index (χ4n) is 1.43. The third-order valence-electron chi connectivity index (χ3n) is 2.64. The zero-order chi connectivity index (χ0) is 11.3. The minimum Gasteiger partial charge on any atom is -0.357 e. The average Bonchev–Trinajstić information content (AvgIpc) is 2.24. The van der Waals surface area contributed by atoms with Crippen LogP contribution in [-0.2, 0) is 0 Å². The molecule has 0 spiro atoms. The van der Waals surface area contributed by atoms with Crippen molar-refractivity contribution in [3.8, 4) is 0 Å². The number of pyridine rings is 1. The molecule has 0 aromatic carbocycles. The molecule has 1 atom stereocenters. The first-order chi connectivity index (χ1) is 7.15. The highest BCUT2D eigenvalue weighted by Crippen LogP contribution is 2.15. The highest BCUT2D eigenvalue weighted by atomic mass is 32.2. The van der Waals surface area contributed by atoms with E-state index in [0.717, 1.165) is 11.5 Å². The molecule has 2 nitrogen and oxygen atoms in total. The molecule has 84 valence electrons. The Balaban J connectivity index is 2.62. The first-order valence-corrected chi connectivity index (χ1v) is 6.70. The smallest absolute Gasteiger partial charge is 0.128 e. The Morgan fingerprint density at radius 2 is 2.20 bits per heavy atom. The van der Waals surface area contributed by atoms with Crippen molar-refractivity contribution < 1.29 is 0 Å². The van der Waals surface area contributed by atoms with Crippen LogP contribution in [-0.4, -0.2) is 30.1 Å². The van der Waals surface area contributed by atoms with Crippen molar-refractivity contribution in [1.82, 2.24) is 4.98 Å². The van der Waals surface area contributed by atoms with Crippen molar-refractivity contribution in [1.29, 1.82) is 0 Å². The monoisotopic (exact) mass is 224 g/mol. The van der Waals surface area contributed by atoms with Crippen LogP contribution in [0.1, 0.15) is 19.0 Å². The van der Waals surface area contributed by atoms with Gasteiger partial charge in [-0.3, -0.25) is 0 Å². The van der Waals surface area contributed by atoms with Crippen molar-refractivity contribution in [2.24, 2.45) is 0 Å². The second kappa shape index (κ2) is 6.01. The molecular weight excluding hydrogens is 204 g/mol. The normalized spacial score (nSPS) is 12.5. The number of nitrogens with zero attached hydrogens (tertiary/aromatic N) is 2. The van der Waals surface area contributed by atoms with Crippen LogP contribution in [0.4, 0.5) is 5.82 Å². The fraction of sp³-hybridized carbons (Fsp3) is 0.583. The molecule has 1 aromatic heterocycles. The summed E-state index contributed by atoms with van der Waals surface area (Å²) < 4.78 is 0. The van der Waals surface area contributed by atoms with Crippen LogP contribution in [0.3, 0.4) is 0 Å². The Kier molecular flexibility index (Phi) is 4.95. The summed E-state index contributed by atoms with van der Waals surface area (Å²) in [5, 5.41) is 0. The minimum absolute atomic E-state index is 0.548. The maximum atomic E-state index is 4.52. The second-order valence-electron chi connectivity index (χ2n) is 3.88. The maximum absolute atomic E-state index is 4.52. The molecule has 1 heterocycles. The van der Waals surface area contributed by atoms with Gasteiger partial charge in [-0.2, -0.15) is 11.8 Å². The molecule has 3 heteroatoms. The van der Waals surface area contributed by atoms with E-state index in [4.69, 9.17) is 0 Å². The topological polar surface area (TPSA) is 16.1 Å². The predicted octanol–water partition coefficient (Wildman–Crippen LogP) is 2.97. The van der Waals surface area contributed by atoms with Gasteiger partial charge in [0, 0.05) is 18.8 Å². The number of hydrogen-bond acceptors (Lipinski definition) is 3. The lowest BCUT2D eigenvalue weighted by Gasteiger charge is -2.26. The first kappa shape index (κ1) is 12.4. The van der Waals surface area contributed by atoms with Gasteiger partial charge in [0.05, 0.1) is 0 Å². The number of rotatable bonds is 5. The van der Waals surface area contributed by atoms with Gasteiger partial charge >= 0.3 is 0 Å². The number of aryl methyl sites for hydroxylation is 1. The summed E-state index contributed by atoms with van der Waals surface area (Å²) in [7, 11) is 2.12. The molecule has 0 fully saturated rings. The molecule has 0 radical (unpaired) electrons. The molecule has 0 amide bonds. The third-order valence-corrected chi connectivity index (χ3v) is 3.28. The summed E-state index contributed by atoms with van der Waals surface area (Å²) >= 11 is 1.90. The lowest BCUT2D eigenvalue weighted by atomic mass is 10.2. The molecule has 1 aromatic rings. The first-order valence-electron chi connectivity index (χ1n) is 5.30. The van der Waals surface area contributed by atoms with E-state index in [2.05, 4.69) is 42.2 Å². The largest absolute Gasteiger partial charge is 0.357 e. The Morgan fingerprint density at radius 1 is 1.47 bits per heavy atom. The highest BCUT2D eigenvalue weighted by molar-refractivity contribution is 7.98. The molecule has 0 saturated carbocycles. The van der Waals surface area contributed by atoms with Gasteiger partial charge in [0.2, 0.25) is 0 Å². The van der Waals surface area contributed by atoms with E-state index in [1.165, 1.54) is 12.2 Å². The van der Waals surface area contributed by atoms with Gasteiger partial charge in [-0.15, -0.1) is 0 Å². The van der Waals surface area contributed by atoms with Crippen LogP contribution in [0.15, 0.2) is 18.2 Å². The van der Waals surface area contributed by atoms with Crippen molar-refractivity contribution in [3.05, 3.63) is 23.9 Å². The highest BCUT2D eigenvalue weighted by Gasteiger charge is 2.10. The van der Waals surface area contributed by atoms with Crippen molar-refractivity contribution >= 4 is 17.6 Å². The molecule has 0 N–H and O–H groups in total. The molecule has 0 aliphatic rings. The number of hydrogen-bond donors (Lipinski definition) is 0. The van der Waals surface area contributed by atoms with Gasteiger partial charge in [-0.1, -0.05) is 6.07 Å². The van der Waals surface area contributed by atoms with Gasteiger partial charge in [0.15, 0.2) is 0 Å². The Bertz CT molecular complexity index is 301. The maximum Gasteiger partial charge on any atom is 0.128 e. The van der Waals surface area contributed by atoms with E-state index in [-0.39, 0.29) is 0 Å². The van der Waals surface area contributed by atoms with Gasteiger partial charge in [0.25, 0.3) is 0 Å². The Labute approximate surface area is 97.1 Å². The van der Waals surface area contributed by atoms with Crippen LogP contribution in [0.25, 0.3) is 0 Å².